The largest absolute Gasteiger partial charge is 0.396 e. The molecule has 0 aromatic carbocycles. The van der Waals surface area contributed by atoms with Crippen LogP contribution in [0, 0.1) is 5.41 Å². The summed E-state index contributed by atoms with van der Waals surface area (Å²) in [6.07, 6.45) is 4.95. The molecule has 0 spiro atoms. The highest BCUT2D eigenvalue weighted by molar-refractivity contribution is 8.00. The first kappa shape index (κ1) is 14.8. The van der Waals surface area contributed by atoms with Crippen LogP contribution >= 0.6 is 11.8 Å². The molecule has 0 aromatic heterocycles. The fourth-order valence-electron chi connectivity index (χ4n) is 2.35. The van der Waals surface area contributed by atoms with Gasteiger partial charge in [0, 0.05) is 13.2 Å². The lowest BCUT2D eigenvalue weighted by Crippen LogP contribution is -2.40. The second kappa shape index (κ2) is 7.27. The Morgan fingerprint density at radius 2 is 2.18 bits per heavy atom. The number of hydrogen-bond acceptors (Lipinski definition) is 3. The van der Waals surface area contributed by atoms with E-state index in [4.69, 9.17) is 5.11 Å². The van der Waals surface area contributed by atoms with Crippen LogP contribution in [0.3, 0.4) is 0 Å². The van der Waals surface area contributed by atoms with Gasteiger partial charge in [0.25, 0.3) is 0 Å². The fraction of sp³-hybridized carbons (Fsp3) is 0.923. The van der Waals surface area contributed by atoms with E-state index in [1.807, 2.05) is 0 Å². The molecule has 1 saturated heterocycles. The van der Waals surface area contributed by atoms with Gasteiger partial charge in [-0.1, -0.05) is 13.8 Å². The molecule has 1 fully saturated rings. The van der Waals surface area contributed by atoms with E-state index in [1.165, 1.54) is 0 Å². The molecule has 1 aliphatic rings. The maximum absolute atomic E-state index is 11.9. The number of aliphatic hydroxyl groups is 1. The van der Waals surface area contributed by atoms with Gasteiger partial charge in [-0.05, 0) is 43.3 Å². The Labute approximate surface area is 109 Å². The highest BCUT2D eigenvalue weighted by Gasteiger charge is 2.29. The van der Waals surface area contributed by atoms with Crippen molar-refractivity contribution in [2.75, 3.05) is 18.9 Å². The summed E-state index contributed by atoms with van der Waals surface area (Å²) in [4.78, 5) is 11.9. The lowest BCUT2D eigenvalue weighted by molar-refractivity contribution is -0.121. The van der Waals surface area contributed by atoms with E-state index in [2.05, 4.69) is 19.2 Å². The normalized spacial score (nSPS) is 20.5. The number of thioether (sulfide) groups is 1. The highest BCUT2D eigenvalue weighted by atomic mass is 32.2. The first-order valence-electron chi connectivity index (χ1n) is 6.67. The summed E-state index contributed by atoms with van der Waals surface area (Å²) in [6, 6.07) is 0. The summed E-state index contributed by atoms with van der Waals surface area (Å²) >= 11 is 1.77. The van der Waals surface area contributed by atoms with Gasteiger partial charge in [0.05, 0.1) is 5.25 Å². The van der Waals surface area contributed by atoms with Crippen LogP contribution < -0.4 is 5.32 Å². The molecule has 4 heteroatoms. The molecule has 1 heterocycles. The zero-order chi connectivity index (χ0) is 12.7. The number of carbonyl (C=O) groups excluding carboxylic acids is 1. The lowest BCUT2D eigenvalue weighted by atomic mass is 9.79. The minimum absolute atomic E-state index is 0.0771. The predicted octanol–water partition coefficient (Wildman–Crippen LogP) is 2.19. The van der Waals surface area contributed by atoms with Crippen molar-refractivity contribution < 1.29 is 9.90 Å². The second-order valence-electron chi connectivity index (χ2n) is 4.90. The zero-order valence-electron chi connectivity index (χ0n) is 11.0. The lowest BCUT2D eigenvalue weighted by Gasteiger charge is -2.31. The Balaban J connectivity index is 2.42. The quantitative estimate of drug-likeness (QED) is 0.737. The molecule has 1 amide bonds. The van der Waals surface area contributed by atoms with Crippen LogP contribution in [0.25, 0.3) is 0 Å². The Hall–Kier alpha value is -0.220. The minimum atomic E-state index is 0.0771. The molecule has 0 aliphatic carbocycles. The Morgan fingerprint density at radius 3 is 2.65 bits per heavy atom. The van der Waals surface area contributed by atoms with Gasteiger partial charge in [0.15, 0.2) is 0 Å². The SMILES string of the molecule is CCC(CC)(CCO)CNC(=O)C1CCCS1. The third kappa shape index (κ3) is 4.18. The van der Waals surface area contributed by atoms with Crippen LogP contribution in [0.5, 0.6) is 0 Å². The molecular weight excluding hydrogens is 234 g/mol. The summed E-state index contributed by atoms with van der Waals surface area (Å²) in [5.41, 5.74) is 0.0771. The molecule has 100 valence electrons. The van der Waals surface area contributed by atoms with E-state index in [1.54, 1.807) is 11.8 Å². The third-order valence-corrected chi connectivity index (χ3v) is 5.38. The first-order valence-corrected chi connectivity index (χ1v) is 7.72. The van der Waals surface area contributed by atoms with Gasteiger partial charge in [0.1, 0.15) is 0 Å². The molecule has 1 atom stereocenters. The highest BCUT2D eigenvalue weighted by Crippen LogP contribution is 2.30. The molecular formula is C13H25NO2S. The number of nitrogens with one attached hydrogen (secondary N) is 1. The summed E-state index contributed by atoms with van der Waals surface area (Å²) < 4.78 is 0. The van der Waals surface area contributed by atoms with Crippen molar-refractivity contribution in [2.24, 2.45) is 5.41 Å². The van der Waals surface area contributed by atoms with E-state index in [-0.39, 0.29) is 23.2 Å². The van der Waals surface area contributed by atoms with Crippen molar-refractivity contribution in [2.45, 2.75) is 51.2 Å². The van der Waals surface area contributed by atoms with Gasteiger partial charge in [-0.2, -0.15) is 0 Å². The van der Waals surface area contributed by atoms with Crippen LogP contribution in [-0.4, -0.2) is 35.2 Å². The summed E-state index contributed by atoms with van der Waals surface area (Å²) in [6.45, 7) is 5.18. The summed E-state index contributed by atoms with van der Waals surface area (Å²) in [5, 5.41) is 12.4. The van der Waals surface area contributed by atoms with Crippen molar-refractivity contribution in [1.29, 1.82) is 0 Å². The molecule has 1 aliphatic heterocycles. The molecule has 1 rings (SSSR count). The van der Waals surface area contributed by atoms with Gasteiger partial charge < -0.3 is 10.4 Å². The fourth-order valence-corrected chi connectivity index (χ4v) is 3.54. The second-order valence-corrected chi connectivity index (χ2v) is 6.21. The number of aliphatic hydroxyl groups excluding tert-OH is 1. The van der Waals surface area contributed by atoms with Crippen molar-refractivity contribution in [3.63, 3.8) is 0 Å². The first-order chi connectivity index (χ1) is 8.17. The standard InChI is InChI=1S/C13H25NO2S/c1-3-13(4-2,7-8-15)10-14-12(16)11-6-5-9-17-11/h11,15H,3-10H2,1-2H3,(H,14,16). The van der Waals surface area contributed by atoms with Crippen LogP contribution in [0.15, 0.2) is 0 Å². The molecule has 0 radical (unpaired) electrons. The molecule has 17 heavy (non-hydrogen) atoms. The summed E-state index contributed by atoms with van der Waals surface area (Å²) in [7, 11) is 0. The van der Waals surface area contributed by atoms with E-state index < -0.39 is 0 Å². The molecule has 0 aromatic rings. The minimum Gasteiger partial charge on any atom is -0.396 e. The van der Waals surface area contributed by atoms with Gasteiger partial charge in [0.2, 0.25) is 5.91 Å². The van der Waals surface area contributed by atoms with Crippen LogP contribution in [0.2, 0.25) is 0 Å². The van der Waals surface area contributed by atoms with Crippen LogP contribution in [-0.2, 0) is 4.79 Å². The average Bonchev–Trinajstić information content (AvgIpc) is 2.88. The Kier molecular flexibility index (Phi) is 6.34. The van der Waals surface area contributed by atoms with Gasteiger partial charge >= 0.3 is 0 Å². The third-order valence-electron chi connectivity index (χ3n) is 4.00. The topological polar surface area (TPSA) is 49.3 Å². The maximum atomic E-state index is 11.9. The number of rotatable bonds is 7. The van der Waals surface area contributed by atoms with Crippen molar-refractivity contribution in [3.05, 3.63) is 0 Å². The van der Waals surface area contributed by atoms with E-state index in [0.29, 0.717) is 6.54 Å². The molecule has 0 saturated carbocycles. The zero-order valence-corrected chi connectivity index (χ0v) is 11.8. The van der Waals surface area contributed by atoms with Crippen LogP contribution in [0.4, 0.5) is 0 Å². The molecule has 1 unspecified atom stereocenters. The summed E-state index contributed by atoms with van der Waals surface area (Å²) in [5.74, 6) is 1.30. The van der Waals surface area contributed by atoms with E-state index in [9.17, 15) is 4.79 Å². The van der Waals surface area contributed by atoms with Crippen LogP contribution in [0.1, 0.15) is 46.0 Å². The van der Waals surface area contributed by atoms with E-state index >= 15 is 0 Å². The predicted molar refractivity (Wildman–Crippen MR) is 73.2 cm³/mol. The van der Waals surface area contributed by atoms with Gasteiger partial charge in [-0.25, -0.2) is 0 Å². The molecule has 0 bridgehead atoms. The maximum Gasteiger partial charge on any atom is 0.233 e. The van der Waals surface area contributed by atoms with E-state index in [0.717, 1.165) is 37.9 Å². The monoisotopic (exact) mass is 259 g/mol. The average molecular weight is 259 g/mol. The number of carbonyl (C=O) groups is 1. The van der Waals surface area contributed by atoms with Gasteiger partial charge in [-0.3, -0.25) is 4.79 Å². The smallest absolute Gasteiger partial charge is 0.233 e. The number of amides is 1. The molecule has 2 N–H and O–H groups in total. The Bertz CT molecular complexity index is 236. The van der Waals surface area contributed by atoms with Crippen molar-refractivity contribution >= 4 is 17.7 Å². The number of hydrogen-bond donors (Lipinski definition) is 2. The Morgan fingerprint density at radius 1 is 1.47 bits per heavy atom. The molecule has 3 nitrogen and oxygen atoms in total. The van der Waals surface area contributed by atoms with Crippen molar-refractivity contribution in [3.8, 4) is 0 Å². The van der Waals surface area contributed by atoms with Gasteiger partial charge in [-0.15, -0.1) is 11.8 Å². The van der Waals surface area contributed by atoms with Crippen molar-refractivity contribution in [1.82, 2.24) is 5.32 Å².